The molecule has 168 valence electrons. The maximum absolute atomic E-state index is 13.8. The van der Waals surface area contributed by atoms with Crippen LogP contribution in [-0.4, -0.2) is 39.6 Å². The summed E-state index contributed by atoms with van der Waals surface area (Å²) in [5.74, 6) is -1.27. The highest BCUT2D eigenvalue weighted by Crippen LogP contribution is 2.64. The lowest BCUT2D eigenvalue weighted by molar-refractivity contribution is -0.165. The van der Waals surface area contributed by atoms with E-state index in [-0.39, 0.29) is 40.3 Å². The van der Waals surface area contributed by atoms with Gasteiger partial charge in [0.1, 0.15) is 22.8 Å². The summed E-state index contributed by atoms with van der Waals surface area (Å²) in [5.41, 5.74) is 0.429. The third kappa shape index (κ3) is 2.50. The maximum Gasteiger partial charge on any atom is 0.200 e. The van der Waals surface area contributed by atoms with Crippen LogP contribution >= 0.6 is 0 Å². The molecule has 6 nitrogen and oxygen atoms in total. The Kier molecular flexibility index (Phi) is 4.48. The Morgan fingerprint density at radius 3 is 2.53 bits per heavy atom. The van der Waals surface area contributed by atoms with Crippen molar-refractivity contribution in [2.45, 2.75) is 58.2 Å². The van der Waals surface area contributed by atoms with E-state index in [1.165, 1.54) is 6.07 Å². The normalized spacial score (nSPS) is 31.4. The number of fused-ring (bicyclic) bond motifs is 1. The molecule has 1 saturated carbocycles. The Morgan fingerprint density at radius 1 is 1.12 bits per heavy atom. The minimum absolute atomic E-state index is 0.0496. The van der Waals surface area contributed by atoms with Gasteiger partial charge in [0, 0.05) is 35.5 Å². The Balaban J connectivity index is 1.77. The molecule has 0 amide bonds. The van der Waals surface area contributed by atoms with Crippen LogP contribution in [0.3, 0.4) is 0 Å². The zero-order valence-electron chi connectivity index (χ0n) is 18.8. The number of benzene rings is 1. The second kappa shape index (κ2) is 6.82. The van der Waals surface area contributed by atoms with Crippen LogP contribution in [0.25, 0.3) is 0 Å². The molecule has 1 aromatic rings. The van der Waals surface area contributed by atoms with Crippen LogP contribution in [0.5, 0.6) is 17.2 Å². The fraction of sp³-hybridized carbons (Fsp3) is 0.462. The van der Waals surface area contributed by atoms with Gasteiger partial charge in [-0.05, 0) is 40.5 Å². The quantitative estimate of drug-likeness (QED) is 0.688. The number of ketones is 2. The maximum atomic E-state index is 13.8. The number of Topliss-reactive ketones (excluding diaryl/α,β-unsaturated/α-hetero) is 2. The molecular formula is C26H28O6. The van der Waals surface area contributed by atoms with Crippen molar-refractivity contribution in [1.29, 1.82) is 0 Å². The number of carbonyl (C=O) groups is 2. The van der Waals surface area contributed by atoms with Crippen molar-refractivity contribution in [1.82, 2.24) is 0 Å². The predicted molar refractivity (Wildman–Crippen MR) is 118 cm³/mol. The summed E-state index contributed by atoms with van der Waals surface area (Å²) >= 11 is 0. The number of hydrogen-bond acceptors (Lipinski definition) is 6. The lowest BCUT2D eigenvalue weighted by Gasteiger charge is -2.56. The van der Waals surface area contributed by atoms with E-state index >= 15 is 0 Å². The van der Waals surface area contributed by atoms with Crippen molar-refractivity contribution < 1.29 is 29.3 Å². The van der Waals surface area contributed by atoms with Gasteiger partial charge in [0.25, 0.3) is 0 Å². The van der Waals surface area contributed by atoms with E-state index in [1.807, 2.05) is 39.8 Å². The van der Waals surface area contributed by atoms with Crippen LogP contribution in [0.1, 0.15) is 56.5 Å². The Bertz CT molecular complexity index is 1150. The topological polar surface area (TPSA) is 93.1 Å². The number of aromatic hydroxyl groups is 2. The average molecular weight is 437 g/mol. The lowest BCUT2D eigenvalue weighted by Crippen LogP contribution is -2.71. The van der Waals surface area contributed by atoms with E-state index in [0.717, 1.165) is 11.1 Å². The van der Waals surface area contributed by atoms with Crippen LogP contribution in [0.15, 0.2) is 41.0 Å². The molecule has 1 spiro atoms. The van der Waals surface area contributed by atoms with E-state index < -0.39 is 17.1 Å². The van der Waals surface area contributed by atoms with Crippen molar-refractivity contribution in [2.75, 3.05) is 6.61 Å². The molecule has 6 rings (SSSR count). The van der Waals surface area contributed by atoms with E-state index in [1.54, 1.807) is 6.08 Å². The first kappa shape index (κ1) is 21.0. The summed E-state index contributed by atoms with van der Waals surface area (Å²) < 4.78 is 12.9. The van der Waals surface area contributed by atoms with Gasteiger partial charge in [0.2, 0.25) is 0 Å². The van der Waals surface area contributed by atoms with Crippen molar-refractivity contribution in [3.8, 4) is 17.2 Å². The van der Waals surface area contributed by atoms with Crippen molar-refractivity contribution in [2.24, 2.45) is 11.8 Å². The molecule has 0 aromatic heterocycles. The fourth-order valence-corrected chi connectivity index (χ4v) is 5.83. The molecule has 3 aliphatic carbocycles. The monoisotopic (exact) mass is 436 g/mol. The first-order valence-corrected chi connectivity index (χ1v) is 11.1. The third-order valence-corrected chi connectivity index (χ3v) is 7.33. The SMILES string of the molecule is CC(C)=CCc1c(O)cc(O)c2c1O[C@]13C(=C[C@@H]4C[C@H]1COC3(CC=C(C)C)C4=O)C2=O. The number of phenols is 2. The van der Waals surface area contributed by atoms with Gasteiger partial charge in [0.15, 0.2) is 22.8 Å². The molecule has 2 heterocycles. The van der Waals surface area contributed by atoms with Gasteiger partial charge in [0.05, 0.1) is 6.61 Å². The summed E-state index contributed by atoms with van der Waals surface area (Å²) in [6.07, 6.45) is 6.83. The van der Waals surface area contributed by atoms with Gasteiger partial charge in [-0.1, -0.05) is 29.4 Å². The average Bonchev–Trinajstić information content (AvgIpc) is 2.97. The zero-order valence-corrected chi connectivity index (χ0v) is 18.8. The van der Waals surface area contributed by atoms with Gasteiger partial charge < -0.3 is 19.7 Å². The van der Waals surface area contributed by atoms with Gasteiger partial charge in [-0.15, -0.1) is 0 Å². The number of carbonyl (C=O) groups excluding carboxylic acids is 2. The highest BCUT2D eigenvalue weighted by molar-refractivity contribution is 6.18. The van der Waals surface area contributed by atoms with Crippen molar-refractivity contribution >= 4 is 11.6 Å². The summed E-state index contributed by atoms with van der Waals surface area (Å²) in [7, 11) is 0. The van der Waals surface area contributed by atoms with Crippen LogP contribution in [0, 0.1) is 11.8 Å². The minimum Gasteiger partial charge on any atom is -0.507 e. The largest absolute Gasteiger partial charge is 0.507 e. The summed E-state index contributed by atoms with van der Waals surface area (Å²) in [5, 5.41) is 21.2. The minimum atomic E-state index is -1.29. The van der Waals surface area contributed by atoms with Gasteiger partial charge >= 0.3 is 0 Å². The first-order valence-electron chi connectivity index (χ1n) is 11.1. The lowest BCUT2D eigenvalue weighted by atomic mass is 9.53. The predicted octanol–water partition coefficient (Wildman–Crippen LogP) is 4.19. The molecule has 1 aromatic carbocycles. The summed E-state index contributed by atoms with van der Waals surface area (Å²) in [6, 6.07) is 1.20. The smallest absolute Gasteiger partial charge is 0.200 e. The molecular weight excluding hydrogens is 408 g/mol. The first-order chi connectivity index (χ1) is 15.1. The number of ether oxygens (including phenoxy) is 2. The van der Waals surface area contributed by atoms with Crippen LogP contribution in [0.4, 0.5) is 0 Å². The van der Waals surface area contributed by atoms with E-state index in [9.17, 15) is 19.8 Å². The molecule has 2 fully saturated rings. The van der Waals surface area contributed by atoms with Crippen molar-refractivity contribution in [3.05, 3.63) is 52.1 Å². The highest BCUT2D eigenvalue weighted by Gasteiger charge is 2.77. The summed E-state index contributed by atoms with van der Waals surface area (Å²) in [6.45, 7) is 8.13. The zero-order chi connectivity index (χ0) is 23.0. The molecule has 2 aliphatic heterocycles. The molecule has 5 aliphatic rings. The molecule has 4 bridgehead atoms. The van der Waals surface area contributed by atoms with E-state index in [2.05, 4.69) is 0 Å². The van der Waals surface area contributed by atoms with E-state index in [0.29, 0.717) is 37.0 Å². The Labute approximate surface area is 187 Å². The second-order valence-electron chi connectivity index (χ2n) is 9.86. The van der Waals surface area contributed by atoms with Crippen LogP contribution < -0.4 is 4.74 Å². The Morgan fingerprint density at radius 2 is 1.84 bits per heavy atom. The van der Waals surface area contributed by atoms with Crippen LogP contribution in [0.2, 0.25) is 0 Å². The molecule has 0 radical (unpaired) electrons. The van der Waals surface area contributed by atoms with Crippen molar-refractivity contribution in [3.63, 3.8) is 0 Å². The molecule has 4 atom stereocenters. The number of phenolic OH excluding ortho intramolecular Hbond substituents is 2. The standard InChI is InChI=1S/C26H28O6/c1-13(2)5-6-17-19(27)11-20(28)21-22(29)18-10-15-9-16-12-31-25(24(15)30,8-7-14(3)4)26(16,18)32-23(17)21/h5,7,10-11,15-16,27-28H,6,8-9,12H2,1-4H3/t15-,16-,25?,26-/m0/s1. The van der Waals surface area contributed by atoms with Gasteiger partial charge in [-0.2, -0.15) is 0 Å². The molecule has 6 heteroatoms. The summed E-state index contributed by atoms with van der Waals surface area (Å²) in [4.78, 5) is 27.4. The number of allylic oxidation sites excluding steroid dienone is 4. The second-order valence-corrected chi connectivity index (χ2v) is 9.86. The molecule has 2 N–H and O–H groups in total. The number of hydrogen-bond donors (Lipinski definition) is 2. The Hall–Kier alpha value is -2.86. The van der Waals surface area contributed by atoms with Crippen LogP contribution in [-0.2, 0) is 16.0 Å². The molecule has 32 heavy (non-hydrogen) atoms. The number of rotatable bonds is 4. The van der Waals surface area contributed by atoms with Gasteiger partial charge in [-0.3, -0.25) is 9.59 Å². The van der Waals surface area contributed by atoms with Gasteiger partial charge in [-0.25, -0.2) is 0 Å². The third-order valence-electron chi connectivity index (χ3n) is 7.33. The van der Waals surface area contributed by atoms with E-state index in [4.69, 9.17) is 9.47 Å². The molecule has 1 unspecified atom stereocenters. The molecule has 1 saturated heterocycles. The fourth-order valence-electron chi connectivity index (χ4n) is 5.83. The highest BCUT2D eigenvalue weighted by atomic mass is 16.6.